The van der Waals surface area contributed by atoms with Gasteiger partial charge >= 0.3 is 0 Å². The first kappa shape index (κ1) is 12.7. The van der Waals surface area contributed by atoms with E-state index in [-0.39, 0.29) is 22.7 Å². The number of nitrogen functional groups attached to an aromatic ring is 1. The van der Waals surface area contributed by atoms with Gasteiger partial charge in [-0.05, 0) is 12.1 Å². The van der Waals surface area contributed by atoms with Gasteiger partial charge in [0, 0.05) is 24.1 Å². The summed E-state index contributed by atoms with van der Waals surface area (Å²) in [7, 11) is 0. The summed E-state index contributed by atoms with van der Waals surface area (Å²) in [4.78, 5) is 0. The maximum Gasteiger partial charge on any atom is 0.271 e. The molecule has 7 heteroatoms. The number of alkyl halides is 2. The molecule has 2 heterocycles. The van der Waals surface area contributed by atoms with Crippen molar-refractivity contribution in [1.82, 2.24) is 5.16 Å². The van der Waals surface area contributed by atoms with Gasteiger partial charge in [-0.25, -0.2) is 8.78 Å². The van der Waals surface area contributed by atoms with Crippen LogP contribution in [0.4, 0.5) is 14.6 Å². The fourth-order valence-electron chi connectivity index (χ4n) is 2.07. The Kier molecular flexibility index (Phi) is 2.77. The van der Waals surface area contributed by atoms with Gasteiger partial charge in [0.05, 0.1) is 0 Å². The molecule has 1 aliphatic heterocycles. The monoisotopic (exact) mass is 282 g/mol. The van der Waals surface area contributed by atoms with Crippen molar-refractivity contribution in [1.29, 1.82) is 0 Å². The average Bonchev–Trinajstić information content (AvgIpc) is 2.83. The van der Waals surface area contributed by atoms with Crippen LogP contribution < -0.4 is 15.2 Å². The van der Waals surface area contributed by atoms with Gasteiger partial charge in [-0.2, -0.15) is 0 Å². The Morgan fingerprint density at radius 3 is 2.35 bits per heavy atom. The zero-order valence-corrected chi connectivity index (χ0v) is 10.7. The van der Waals surface area contributed by atoms with Crippen LogP contribution in [0.5, 0.6) is 11.5 Å². The van der Waals surface area contributed by atoms with Crippen LogP contribution in [0, 0.1) is 0 Å². The highest BCUT2D eigenvalue weighted by Gasteiger charge is 2.32. The van der Waals surface area contributed by atoms with E-state index in [0.717, 1.165) is 6.92 Å². The Hall–Kier alpha value is -2.31. The summed E-state index contributed by atoms with van der Waals surface area (Å²) in [6.07, 6.45) is 0. The van der Waals surface area contributed by atoms with Gasteiger partial charge < -0.3 is 19.7 Å². The third-order valence-corrected chi connectivity index (χ3v) is 2.95. The molecule has 0 bridgehead atoms. The number of nitrogens with zero attached hydrogens (tertiary/aromatic N) is 1. The van der Waals surface area contributed by atoms with Crippen molar-refractivity contribution in [3.63, 3.8) is 0 Å². The lowest BCUT2D eigenvalue weighted by atomic mass is 9.99. The first-order valence-corrected chi connectivity index (χ1v) is 5.99. The Morgan fingerprint density at radius 1 is 1.15 bits per heavy atom. The van der Waals surface area contributed by atoms with Crippen LogP contribution >= 0.6 is 0 Å². The van der Waals surface area contributed by atoms with Crippen molar-refractivity contribution < 1.29 is 22.8 Å². The number of hydrogen-bond acceptors (Lipinski definition) is 5. The van der Waals surface area contributed by atoms with Crippen LogP contribution in [-0.4, -0.2) is 18.4 Å². The molecule has 0 fully saturated rings. The smallest absolute Gasteiger partial charge is 0.271 e. The van der Waals surface area contributed by atoms with Crippen molar-refractivity contribution in [2.24, 2.45) is 0 Å². The molecule has 0 unspecified atom stereocenters. The quantitative estimate of drug-likeness (QED) is 0.917. The number of halogens is 2. The highest BCUT2D eigenvalue weighted by molar-refractivity contribution is 5.69. The van der Waals surface area contributed by atoms with Gasteiger partial charge in [0.15, 0.2) is 23.1 Å². The summed E-state index contributed by atoms with van der Waals surface area (Å²) in [5.41, 5.74) is 5.43. The Balaban J connectivity index is 2.20. The van der Waals surface area contributed by atoms with Crippen molar-refractivity contribution in [3.05, 3.63) is 23.8 Å². The molecule has 0 amide bonds. The molecule has 3 rings (SSSR count). The van der Waals surface area contributed by atoms with E-state index in [4.69, 9.17) is 19.7 Å². The summed E-state index contributed by atoms with van der Waals surface area (Å²) in [6.45, 7) is 1.50. The van der Waals surface area contributed by atoms with Gasteiger partial charge in [0.25, 0.3) is 5.92 Å². The molecule has 0 aliphatic carbocycles. The lowest BCUT2D eigenvalue weighted by Crippen LogP contribution is -2.17. The normalized spacial score (nSPS) is 14.3. The highest BCUT2D eigenvalue weighted by Crippen LogP contribution is 2.43. The fourth-order valence-corrected chi connectivity index (χ4v) is 2.07. The minimum atomic E-state index is -3.06. The van der Waals surface area contributed by atoms with Gasteiger partial charge in [-0.3, -0.25) is 0 Å². The molecule has 5 nitrogen and oxygen atoms in total. The lowest BCUT2D eigenvalue weighted by Gasteiger charge is -2.22. The molecule has 20 heavy (non-hydrogen) atoms. The van der Waals surface area contributed by atoms with E-state index in [1.54, 1.807) is 0 Å². The second-order valence-electron chi connectivity index (χ2n) is 4.55. The first-order chi connectivity index (χ1) is 9.45. The van der Waals surface area contributed by atoms with Gasteiger partial charge in [0.2, 0.25) is 0 Å². The van der Waals surface area contributed by atoms with Crippen molar-refractivity contribution in [2.75, 3.05) is 18.9 Å². The van der Waals surface area contributed by atoms with Crippen LogP contribution in [0.1, 0.15) is 12.5 Å². The summed E-state index contributed by atoms with van der Waals surface area (Å²) < 4.78 is 43.3. The van der Waals surface area contributed by atoms with E-state index in [1.807, 2.05) is 0 Å². The van der Waals surface area contributed by atoms with Crippen LogP contribution in [0.2, 0.25) is 0 Å². The predicted octanol–water partition coefficient (Wildman–Crippen LogP) is 2.81. The minimum Gasteiger partial charge on any atom is -0.486 e. The Labute approximate surface area is 113 Å². The van der Waals surface area contributed by atoms with Crippen molar-refractivity contribution in [2.45, 2.75) is 12.8 Å². The van der Waals surface area contributed by atoms with E-state index >= 15 is 0 Å². The first-order valence-electron chi connectivity index (χ1n) is 5.99. The Morgan fingerprint density at radius 2 is 1.80 bits per heavy atom. The van der Waals surface area contributed by atoms with Crippen molar-refractivity contribution >= 4 is 5.82 Å². The maximum atomic E-state index is 13.8. The zero-order valence-electron chi connectivity index (χ0n) is 10.7. The highest BCUT2D eigenvalue weighted by atomic mass is 19.3. The number of ether oxygens (including phenoxy) is 2. The molecule has 0 atom stereocenters. The third-order valence-electron chi connectivity index (χ3n) is 2.95. The molecule has 0 saturated carbocycles. The van der Waals surface area contributed by atoms with E-state index in [9.17, 15) is 8.78 Å². The Bertz CT molecular complexity index is 650. The minimum absolute atomic E-state index is 0.125. The largest absolute Gasteiger partial charge is 0.486 e. The van der Waals surface area contributed by atoms with E-state index < -0.39 is 5.92 Å². The molecule has 0 radical (unpaired) electrons. The van der Waals surface area contributed by atoms with Crippen LogP contribution in [0.15, 0.2) is 22.7 Å². The molecule has 0 spiro atoms. The SMILES string of the molecule is CC(F)(F)c1cc2c(cc1-c1cc(N)no1)OCCO2. The van der Waals surface area contributed by atoms with Crippen molar-refractivity contribution in [3.8, 4) is 22.8 Å². The van der Waals surface area contributed by atoms with Crippen LogP contribution in [0.25, 0.3) is 11.3 Å². The van der Waals surface area contributed by atoms with Crippen LogP contribution in [-0.2, 0) is 5.92 Å². The molecular weight excluding hydrogens is 270 g/mol. The molecule has 2 N–H and O–H groups in total. The summed E-state index contributed by atoms with van der Waals surface area (Å²) in [6, 6.07) is 4.12. The predicted molar refractivity (Wildman–Crippen MR) is 66.9 cm³/mol. The maximum absolute atomic E-state index is 13.8. The second kappa shape index (κ2) is 4.36. The number of benzene rings is 1. The van der Waals surface area contributed by atoms with E-state index in [0.29, 0.717) is 24.7 Å². The number of anilines is 1. The number of fused-ring (bicyclic) bond motifs is 1. The summed E-state index contributed by atoms with van der Waals surface area (Å²) >= 11 is 0. The number of hydrogen-bond donors (Lipinski definition) is 1. The summed E-state index contributed by atoms with van der Waals surface area (Å²) in [5.74, 6) is -2.08. The molecule has 2 aromatic rings. The topological polar surface area (TPSA) is 70.5 Å². The number of nitrogens with two attached hydrogens (primary N) is 1. The fraction of sp³-hybridized carbons (Fsp3) is 0.308. The standard InChI is InChI=1S/C13H12F2N2O3/c1-13(14,15)8-5-11-10(18-2-3-19-11)4-7(8)9-6-12(16)17-20-9/h4-6H,2-3H2,1H3,(H2,16,17). The lowest BCUT2D eigenvalue weighted by molar-refractivity contribution is 0.0174. The average molecular weight is 282 g/mol. The summed E-state index contributed by atoms with van der Waals surface area (Å²) in [5, 5.41) is 3.51. The molecule has 1 aromatic heterocycles. The molecule has 1 aliphatic rings. The van der Waals surface area contributed by atoms with Gasteiger partial charge in [0.1, 0.15) is 13.2 Å². The van der Waals surface area contributed by atoms with Gasteiger partial charge in [-0.1, -0.05) is 5.16 Å². The number of aromatic nitrogens is 1. The second-order valence-corrected chi connectivity index (χ2v) is 4.55. The van der Waals surface area contributed by atoms with E-state index in [1.165, 1.54) is 18.2 Å². The van der Waals surface area contributed by atoms with E-state index in [2.05, 4.69) is 5.16 Å². The number of rotatable bonds is 2. The molecule has 1 aromatic carbocycles. The third kappa shape index (κ3) is 2.15. The van der Waals surface area contributed by atoms with Gasteiger partial charge in [-0.15, -0.1) is 0 Å². The zero-order chi connectivity index (χ0) is 14.3. The molecule has 0 saturated heterocycles. The molecular formula is C13H12F2N2O3. The van der Waals surface area contributed by atoms with Crippen LogP contribution in [0.3, 0.4) is 0 Å². The molecule has 106 valence electrons.